The fourth-order valence-electron chi connectivity index (χ4n) is 0.715. The molecule has 0 spiro atoms. The second kappa shape index (κ2) is 4.15. The van der Waals surface area contributed by atoms with Crippen molar-refractivity contribution in [1.82, 2.24) is 20.1 Å². The van der Waals surface area contributed by atoms with Gasteiger partial charge in [0.1, 0.15) is 0 Å². The normalized spacial score (nSPS) is 9.54. The van der Waals surface area contributed by atoms with Gasteiger partial charge in [-0.3, -0.25) is 10.1 Å². The molecule has 0 aliphatic heterocycles. The first-order valence-electron chi connectivity index (χ1n) is 3.45. The molecule has 13 heavy (non-hydrogen) atoms. The second-order valence-electron chi connectivity index (χ2n) is 2.18. The summed E-state index contributed by atoms with van der Waals surface area (Å²) in [5.74, 6) is 0. The van der Waals surface area contributed by atoms with Gasteiger partial charge in [-0.2, -0.15) is 4.68 Å². The molecule has 0 amide bonds. The molecule has 0 fully saturated rings. The first kappa shape index (κ1) is 9.87. The predicted molar refractivity (Wildman–Crippen MR) is 56.4 cm³/mol. The SMILES string of the molecule is C=CCNC(=S)n1[nH]c(=S)[nH]c1=O. The molecular weight excluding hydrogens is 208 g/mol. The molecule has 0 bridgehead atoms. The van der Waals surface area contributed by atoms with Crippen LogP contribution in [0, 0.1) is 4.77 Å². The molecule has 0 saturated heterocycles. The minimum absolute atomic E-state index is 0.243. The van der Waals surface area contributed by atoms with E-state index in [4.69, 9.17) is 24.4 Å². The highest BCUT2D eigenvalue weighted by Gasteiger charge is 2.01. The maximum absolute atomic E-state index is 11.1. The second-order valence-corrected chi connectivity index (χ2v) is 2.98. The molecule has 70 valence electrons. The summed E-state index contributed by atoms with van der Waals surface area (Å²) < 4.78 is 1.37. The molecule has 1 rings (SSSR count). The lowest BCUT2D eigenvalue weighted by atomic mass is 10.6. The van der Waals surface area contributed by atoms with Crippen LogP contribution >= 0.6 is 24.4 Å². The predicted octanol–water partition coefficient (Wildman–Crippen LogP) is 0.143. The first-order chi connectivity index (χ1) is 6.15. The largest absolute Gasteiger partial charge is 0.357 e. The van der Waals surface area contributed by atoms with Crippen LogP contribution in [0.15, 0.2) is 17.4 Å². The lowest BCUT2D eigenvalue weighted by molar-refractivity contribution is 0.850. The topological polar surface area (TPSA) is 65.6 Å². The van der Waals surface area contributed by atoms with Crippen LogP contribution < -0.4 is 11.0 Å². The third-order valence-corrected chi connectivity index (χ3v) is 1.76. The number of thiocarbonyl (C=S) groups is 1. The molecule has 1 aromatic heterocycles. The van der Waals surface area contributed by atoms with Crippen LogP contribution in [0.2, 0.25) is 0 Å². The monoisotopic (exact) mass is 216 g/mol. The Morgan fingerprint density at radius 2 is 2.46 bits per heavy atom. The summed E-state index contributed by atoms with van der Waals surface area (Å²) in [4.78, 5) is 13.5. The lowest BCUT2D eigenvalue weighted by Crippen LogP contribution is -2.35. The van der Waals surface area contributed by atoms with E-state index >= 15 is 0 Å². The Bertz CT molecular complexity index is 426. The van der Waals surface area contributed by atoms with E-state index in [0.29, 0.717) is 6.54 Å². The van der Waals surface area contributed by atoms with Crippen molar-refractivity contribution < 1.29 is 0 Å². The lowest BCUT2D eigenvalue weighted by Gasteiger charge is -2.02. The molecule has 1 aromatic rings. The third kappa shape index (κ3) is 2.36. The Balaban J connectivity index is 2.88. The number of rotatable bonds is 2. The maximum Gasteiger partial charge on any atom is 0.349 e. The summed E-state index contributed by atoms with van der Waals surface area (Å²) in [5.41, 5.74) is -0.383. The van der Waals surface area contributed by atoms with Gasteiger partial charge in [-0.1, -0.05) is 6.08 Å². The molecule has 0 atom stereocenters. The van der Waals surface area contributed by atoms with E-state index < -0.39 is 0 Å². The van der Waals surface area contributed by atoms with Crippen LogP contribution in [0.1, 0.15) is 0 Å². The minimum Gasteiger partial charge on any atom is -0.357 e. The standard InChI is InChI=1S/C6H8N4OS2/c1-2-3-7-6(13)10-5(11)8-4(12)9-10/h2H,1,3H2,(H,7,13)(H2,8,9,11,12). The van der Waals surface area contributed by atoms with Crippen molar-refractivity contribution >= 4 is 29.5 Å². The summed E-state index contributed by atoms with van der Waals surface area (Å²) in [6.45, 7) is 4.00. The molecule has 5 nitrogen and oxygen atoms in total. The molecule has 0 saturated carbocycles. The molecule has 0 aliphatic carbocycles. The number of nitrogens with zero attached hydrogens (tertiary/aromatic N) is 1. The molecule has 0 unspecified atom stereocenters. The molecule has 7 heteroatoms. The van der Waals surface area contributed by atoms with Crippen LogP contribution in [0.3, 0.4) is 0 Å². The summed E-state index contributed by atoms with van der Waals surface area (Å²) >= 11 is 9.61. The van der Waals surface area contributed by atoms with Gasteiger partial charge in [-0.15, -0.1) is 6.58 Å². The van der Waals surface area contributed by atoms with Crippen LogP contribution in [-0.2, 0) is 0 Å². The number of nitrogens with one attached hydrogen (secondary N) is 3. The first-order valence-corrected chi connectivity index (χ1v) is 4.27. The number of hydrogen-bond acceptors (Lipinski definition) is 3. The van der Waals surface area contributed by atoms with Crippen LogP contribution in [-0.4, -0.2) is 26.4 Å². The number of H-pyrrole nitrogens is 2. The van der Waals surface area contributed by atoms with E-state index in [9.17, 15) is 4.79 Å². The Kier molecular flexibility index (Phi) is 3.15. The fraction of sp³-hybridized carbons (Fsp3) is 0.167. The van der Waals surface area contributed by atoms with E-state index in [-0.39, 0.29) is 15.6 Å². The van der Waals surface area contributed by atoms with Gasteiger partial charge in [0.15, 0.2) is 9.88 Å². The Labute approximate surface area is 84.5 Å². The average Bonchev–Trinajstić information content (AvgIpc) is 2.41. The van der Waals surface area contributed by atoms with E-state index in [1.807, 2.05) is 0 Å². The molecule has 0 radical (unpaired) electrons. The molecule has 1 heterocycles. The van der Waals surface area contributed by atoms with E-state index in [2.05, 4.69) is 22.0 Å². The summed E-state index contributed by atoms with van der Waals surface area (Å²) in [6.07, 6.45) is 1.64. The van der Waals surface area contributed by atoms with Crippen molar-refractivity contribution in [2.24, 2.45) is 0 Å². The summed E-state index contributed by atoms with van der Waals surface area (Å²) in [5, 5.41) is 5.62. The van der Waals surface area contributed by atoms with Crippen molar-refractivity contribution in [2.45, 2.75) is 0 Å². The molecule has 0 aromatic carbocycles. The maximum atomic E-state index is 11.1. The average molecular weight is 216 g/mol. The Hall–Kier alpha value is -1.21. The summed E-state index contributed by atoms with van der Waals surface area (Å²) in [7, 11) is 0. The number of aromatic amines is 2. The van der Waals surface area contributed by atoms with Crippen molar-refractivity contribution in [2.75, 3.05) is 6.54 Å². The molecule has 3 N–H and O–H groups in total. The van der Waals surface area contributed by atoms with Gasteiger partial charge in [0.05, 0.1) is 0 Å². The van der Waals surface area contributed by atoms with Crippen LogP contribution in [0.4, 0.5) is 0 Å². The summed E-state index contributed by atoms with van der Waals surface area (Å²) in [6, 6.07) is 0. The van der Waals surface area contributed by atoms with Crippen LogP contribution in [0.5, 0.6) is 0 Å². The van der Waals surface area contributed by atoms with E-state index in [1.54, 1.807) is 6.08 Å². The third-order valence-electron chi connectivity index (χ3n) is 1.24. The van der Waals surface area contributed by atoms with Crippen molar-refractivity contribution in [3.8, 4) is 0 Å². The fourth-order valence-corrected chi connectivity index (χ4v) is 1.11. The molecule has 0 aliphatic rings. The minimum atomic E-state index is -0.383. The Morgan fingerprint density at radius 3 is 2.92 bits per heavy atom. The van der Waals surface area contributed by atoms with E-state index in [0.717, 1.165) is 4.68 Å². The number of hydrogen-bond donors (Lipinski definition) is 3. The van der Waals surface area contributed by atoms with Gasteiger partial charge >= 0.3 is 5.69 Å². The van der Waals surface area contributed by atoms with Crippen LogP contribution in [0.25, 0.3) is 0 Å². The van der Waals surface area contributed by atoms with E-state index in [1.165, 1.54) is 0 Å². The van der Waals surface area contributed by atoms with Crippen molar-refractivity contribution in [3.63, 3.8) is 0 Å². The van der Waals surface area contributed by atoms with Gasteiger partial charge in [0.25, 0.3) is 0 Å². The van der Waals surface area contributed by atoms with Crippen molar-refractivity contribution in [3.05, 3.63) is 27.9 Å². The zero-order valence-electron chi connectivity index (χ0n) is 6.66. The van der Waals surface area contributed by atoms with Gasteiger partial charge in [-0.05, 0) is 24.4 Å². The smallest absolute Gasteiger partial charge is 0.349 e. The highest BCUT2D eigenvalue weighted by molar-refractivity contribution is 7.80. The van der Waals surface area contributed by atoms with Crippen molar-refractivity contribution in [1.29, 1.82) is 0 Å². The van der Waals surface area contributed by atoms with Gasteiger partial charge in [0, 0.05) is 6.54 Å². The van der Waals surface area contributed by atoms with Gasteiger partial charge in [-0.25, -0.2) is 4.79 Å². The van der Waals surface area contributed by atoms with Gasteiger partial charge in [0.2, 0.25) is 0 Å². The highest BCUT2D eigenvalue weighted by atomic mass is 32.1. The number of aromatic nitrogens is 3. The quantitative estimate of drug-likeness (QED) is 0.486. The molecular formula is C6H8N4OS2. The highest BCUT2D eigenvalue weighted by Crippen LogP contribution is 1.77. The zero-order chi connectivity index (χ0) is 9.84. The van der Waals surface area contributed by atoms with Gasteiger partial charge < -0.3 is 5.32 Å². The zero-order valence-corrected chi connectivity index (χ0v) is 8.30. The Morgan fingerprint density at radius 1 is 1.77 bits per heavy atom.